The number of benzene rings is 2. The van der Waals surface area contributed by atoms with E-state index in [4.69, 9.17) is 11.6 Å². The van der Waals surface area contributed by atoms with Gasteiger partial charge in [0.2, 0.25) is 0 Å². The van der Waals surface area contributed by atoms with E-state index in [1.165, 1.54) is 0 Å². The first-order valence-electron chi connectivity index (χ1n) is 11.0. The highest BCUT2D eigenvalue weighted by molar-refractivity contribution is 7.78. The number of hydrogen-bond donors (Lipinski definition) is 2. The molecule has 0 fully saturated rings. The molecule has 0 radical (unpaired) electrons. The van der Waals surface area contributed by atoms with Crippen LogP contribution in [0.25, 0.3) is 0 Å². The minimum Gasteiger partial charge on any atom is -0.322 e. The molecule has 2 N–H and O–H groups in total. The van der Waals surface area contributed by atoms with Crippen molar-refractivity contribution in [3.8, 4) is 0 Å². The molecule has 0 aliphatic heterocycles. The Hall–Kier alpha value is -2.16. The van der Waals surface area contributed by atoms with Gasteiger partial charge in [-0.15, -0.1) is 0 Å². The van der Waals surface area contributed by atoms with Crippen molar-refractivity contribution >= 4 is 42.1 Å². The zero-order valence-electron chi connectivity index (χ0n) is 20.0. The fourth-order valence-electron chi connectivity index (χ4n) is 4.30. The molecule has 2 amide bonds. The van der Waals surface area contributed by atoms with E-state index in [1.54, 1.807) is 6.08 Å². The highest BCUT2D eigenvalue weighted by Gasteiger charge is 2.47. The fraction of sp³-hybridized carbons (Fsp3) is 0.385. The van der Waals surface area contributed by atoms with Crippen molar-refractivity contribution < 1.29 is 9.59 Å². The lowest BCUT2D eigenvalue weighted by Gasteiger charge is -2.30. The molecular formula is C26H35ClN2O2P+. The van der Waals surface area contributed by atoms with Gasteiger partial charge in [-0.2, -0.15) is 0 Å². The largest absolute Gasteiger partial charge is 0.322 e. The molecule has 4 nitrogen and oxygen atoms in total. The zero-order valence-corrected chi connectivity index (χ0v) is 21.7. The molecule has 0 aliphatic carbocycles. The Morgan fingerprint density at radius 1 is 0.969 bits per heavy atom. The number of hydrogen-bond acceptors (Lipinski definition) is 2. The summed E-state index contributed by atoms with van der Waals surface area (Å²) >= 11 is 6.14. The van der Waals surface area contributed by atoms with Gasteiger partial charge in [0.15, 0.2) is 5.66 Å². The molecule has 2 rings (SSSR count). The van der Waals surface area contributed by atoms with Gasteiger partial charge >= 0.3 is 0 Å². The van der Waals surface area contributed by atoms with Crippen LogP contribution in [0.1, 0.15) is 36.1 Å². The Morgan fingerprint density at radius 3 is 1.94 bits per heavy atom. The summed E-state index contributed by atoms with van der Waals surface area (Å²) in [5.41, 5.74) is 5.11. The first-order chi connectivity index (χ1) is 15.1. The van der Waals surface area contributed by atoms with E-state index in [1.807, 2.05) is 58.0 Å². The number of anilines is 2. The van der Waals surface area contributed by atoms with Crippen LogP contribution in [-0.2, 0) is 9.59 Å². The molecule has 0 heterocycles. The molecule has 2 aromatic carbocycles. The second kappa shape index (κ2) is 11.1. The minimum absolute atomic E-state index is 0.0436. The minimum atomic E-state index is -1.99. The summed E-state index contributed by atoms with van der Waals surface area (Å²) in [6, 6.07) is 9.64. The van der Waals surface area contributed by atoms with Crippen LogP contribution in [0.5, 0.6) is 0 Å². The molecule has 0 saturated heterocycles. The average molecular weight is 474 g/mol. The summed E-state index contributed by atoms with van der Waals surface area (Å²) in [6.45, 7) is 16.0. The van der Waals surface area contributed by atoms with Gasteiger partial charge < -0.3 is 10.6 Å². The first-order valence-corrected chi connectivity index (χ1v) is 13.8. The molecular weight excluding hydrogens is 439 g/mol. The van der Waals surface area contributed by atoms with E-state index in [2.05, 4.69) is 31.1 Å². The van der Waals surface area contributed by atoms with Crippen LogP contribution in [0, 0.1) is 27.7 Å². The smallest absolute Gasteiger partial charge is 0.269 e. The number of carbonyl (C=O) groups excluding carboxylic acids is 2. The molecule has 0 aromatic heterocycles. The summed E-state index contributed by atoms with van der Waals surface area (Å²) in [5, 5.41) is 6.85. The van der Waals surface area contributed by atoms with Crippen LogP contribution >= 0.6 is 18.9 Å². The number of para-hydroxylation sites is 1. The van der Waals surface area contributed by atoms with Crippen molar-refractivity contribution in [3.63, 3.8) is 0 Å². The van der Waals surface area contributed by atoms with E-state index < -0.39 is 12.9 Å². The summed E-state index contributed by atoms with van der Waals surface area (Å²) in [6.07, 6.45) is 3.64. The Morgan fingerprint density at radius 2 is 1.47 bits per heavy atom. The van der Waals surface area contributed by atoms with E-state index in [9.17, 15) is 9.59 Å². The van der Waals surface area contributed by atoms with Crippen molar-refractivity contribution in [3.05, 3.63) is 70.3 Å². The maximum absolute atomic E-state index is 13.4. The van der Waals surface area contributed by atoms with Crippen LogP contribution < -0.4 is 10.6 Å². The molecule has 0 spiro atoms. The topological polar surface area (TPSA) is 58.2 Å². The number of halogens is 1. The highest BCUT2D eigenvalue weighted by atomic mass is 35.5. The SMILES string of the molecule is C=CC(C(=O)Nc1c(C)cc(Cl)cc1C)[P+](CC)(CC)CC(=O)Nc1c(C)cccc1C. The third-order valence-electron chi connectivity index (χ3n) is 6.29. The number of rotatable bonds is 9. The summed E-state index contributed by atoms with van der Waals surface area (Å²) in [4.78, 5) is 26.6. The molecule has 0 bridgehead atoms. The molecule has 1 atom stereocenters. The van der Waals surface area contributed by atoms with Crippen molar-refractivity contribution in [2.75, 3.05) is 29.1 Å². The Kier molecular flexibility index (Phi) is 9.07. The second-order valence-corrected chi connectivity index (χ2v) is 13.4. The monoisotopic (exact) mass is 473 g/mol. The van der Waals surface area contributed by atoms with Crippen LogP contribution in [0.15, 0.2) is 43.0 Å². The second-order valence-electron chi connectivity index (χ2n) is 8.41. The van der Waals surface area contributed by atoms with Gasteiger partial charge in [0.1, 0.15) is 6.16 Å². The van der Waals surface area contributed by atoms with E-state index in [0.717, 1.165) is 46.0 Å². The lowest BCUT2D eigenvalue weighted by atomic mass is 10.1. The molecule has 172 valence electrons. The van der Waals surface area contributed by atoms with E-state index in [0.29, 0.717) is 11.2 Å². The molecule has 0 saturated carbocycles. The average Bonchev–Trinajstić information content (AvgIpc) is 2.73. The van der Waals surface area contributed by atoms with Crippen molar-refractivity contribution in [2.45, 2.75) is 47.2 Å². The molecule has 0 aliphatic rings. The van der Waals surface area contributed by atoms with Gasteiger partial charge in [0, 0.05) is 23.7 Å². The van der Waals surface area contributed by atoms with Crippen LogP contribution in [-0.4, -0.2) is 36.0 Å². The lowest BCUT2D eigenvalue weighted by Crippen LogP contribution is -2.35. The summed E-state index contributed by atoms with van der Waals surface area (Å²) in [5.74, 6) is -0.150. The highest BCUT2D eigenvalue weighted by Crippen LogP contribution is 2.63. The van der Waals surface area contributed by atoms with Crippen LogP contribution in [0.3, 0.4) is 0 Å². The summed E-state index contributed by atoms with van der Waals surface area (Å²) < 4.78 is 0. The van der Waals surface area contributed by atoms with Crippen molar-refractivity contribution in [2.24, 2.45) is 0 Å². The standard InChI is InChI=1S/C26H34ClN2O2P/c1-8-22(26(31)29-25-19(6)14-21(27)15-20(25)7)32(9-2,10-3)16-23(30)28-24-17(4)12-11-13-18(24)5/h8,11-15,22H,1,9-10,16H2,2-7H3,(H-,28,29,30,31)/p+1. The maximum Gasteiger partial charge on any atom is 0.269 e. The van der Waals surface area contributed by atoms with Crippen molar-refractivity contribution in [1.82, 2.24) is 0 Å². The number of aryl methyl sites for hydroxylation is 4. The molecule has 32 heavy (non-hydrogen) atoms. The zero-order chi connectivity index (χ0) is 24.1. The van der Waals surface area contributed by atoms with Gasteiger partial charge in [0.25, 0.3) is 11.8 Å². The van der Waals surface area contributed by atoms with Gasteiger partial charge in [-0.3, -0.25) is 9.59 Å². The van der Waals surface area contributed by atoms with Crippen LogP contribution in [0.4, 0.5) is 11.4 Å². The predicted octanol–water partition coefficient (Wildman–Crippen LogP) is 6.76. The Balaban J connectivity index is 2.30. The molecule has 6 heteroatoms. The number of carbonyl (C=O) groups is 2. The molecule has 1 unspecified atom stereocenters. The van der Waals surface area contributed by atoms with Gasteiger partial charge in [0.05, 0.1) is 12.3 Å². The van der Waals surface area contributed by atoms with Gasteiger partial charge in [-0.25, -0.2) is 0 Å². The first kappa shape index (κ1) is 26.1. The quantitative estimate of drug-likeness (QED) is 0.312. The van der Waals surface area contributed by atoms with Gasteiger partial charge in [-0.1, -0.05) is 36.4 Å². The van der Waals surface area contributed by atoms with Crippen LogP contribution in [0.2, 0.25) is 5.02 Å². The number of nitrogens with one attached hydrogen (secondary N) is 2. The lowest BCUT2D eigenvalue weighted by molar-refractivity contribution is -0.115. The van der Waals surface area contributed by atoms with E-state index in [-0.39, 0.29) is 11.8 Å². The molecule has 2 aromatic rings. The summed E-state index contributed by atoms with van der Waals surface area (Å²) in [7, 11) is -1.99. The predicted molar refractivity (Wildman–Crippen MR) is 141 cm³/mol. The van der Waals surface area contributed by atoms with E-state index >= 15 is 0 Å². The normalized spacial score (nSPS) is 12.2. The number of amides is 2. The third kappa shape index (κ3) is 5.79. The Labute approximate surface area is 198 Å². The fourth-order valence-corrected chi connectivity index (χ4v) is 8.17. The Bertz CT molecular complexity index is 972. The van der Waals surface area contributed by atoms with Crippen molar-refractivity contribution in [1.29, 1.82) is 0 Å². The third-order valence-corrected chi connectivity index (χ3v) is 11.6. The maximum atomic E-state index is 13.4. The van der Waals surface area contributed by atoms with Gasteiger partial charge in [-0.05, 0) is 82.0 Å².